The Morgan fingerprint density at radius 2 is 2.06 bits per heavy atom. The first-order valence-corrected chi connectivity index (χ1v) is 10.7. The normalized spacial score (nSPS) is 21.7. The van der Waals surface area contributed by atoms with Crippen LogP contribution in [0.4, 0.5) is 13.2 Å². The maximum atomic E-state index is 13.4. The van der Waals surface area contributed by atoms with E-state index in [0.717, 1.165) is 23.2 Å². The lowest BCUT2D eigenvalue weighted by molar-refractivity contribution is -0.146. The molecule has 1 aliphatic carbocycles. The van der Waals surface area contributed by atoms with Gasteiger partial charge in [0.2, 0.25) is 11.7 Å². The maximum Gasteiger partial charge on any atom is 0.449 e. The molecule has 3 aromatic rings. The molecule has 3 atom stereocenters. The van der Waals surface area contributed by atoms with Crippen molar-refractivity contribution in [3.05, 3.63) is 48.3 Å². The lowest BCUT2D eigenvalue weighted by Crippen LogP contribution is -2.49. The number of aromatic nitrogens is 4. The highest BCUT2D eigenvalue weighted by molar-refractivity contribution is 5.77. The molecular formula is C22H26F3N5O2. The van der Waals surface area contributed by atoms with Gasteiger partial charge in [0.25, 0.3) is 0 Å². The molecule has 32 heavy (non-hydrogen) atoms. The predicted molar refractivity (Wildman–Crippen MR) is 112 cm³/mol. The van der Waals surface area contributed by atoms with Gasteiger partial charge in [0.15, 0.2) is 0 Å². The number of nitrogens with zero attached hydrogens (tertiary/aromatic N) is 4. The highest BCUT2D eigenvalue weighted by Gasteiger charge is 2.37. The Balaban J connectivity index is 1.37. The molecule has 1 aromatic carbocycles. The largest absolute Gasteiger partial charge is 0.449 e. The van der Waals surface area contributed by atoms with Crippen LogP contribution in [0.1, 0.15) is 49.8 Å². The van der Waals surface area contributed by atoms with Gasteiger partial charge < -0.3 is 19.6 Å². The van der Waals surface area contributed by atoms with Gasteiger partial charge in [0.1, 0.15) is 5.82 Å². The molecule has 1 aliphatic rings. The first-order chi connectivity index (χ1) is 15.3. The van der Waals surface area contributed by atoms with Gasteiger partial charge in [-0.05, 0) is 44.7 Å². The van der Waals surface area contributed by atoms with Crippen LogP contribution in [0.3, 0.4) is 0 Å². The lowest BCUT2D eigenvalue weighted by atomic mass is 9.87. The standard InChI is InChI=1S/C22H26F3N5O2/c1-14-26-11-13-29(14)18-9-4-7-16(20(18)32)27-19(31)10-5-12-30-17-8-3-2-6-15(17)28-21(30)22(23,24)25/h2-3,6,8,11,13,16,18,20,32H,4-5,7,9-10,12H2,1H3,(H,27,31)/t16-,18-,20-/m1/s1. The number of hydrogen-bond donors (Lipinski definition) is 2. The quantitative estimate of drug-likeness (QED) is 0.602. The van der Waals surface area contributed by atoms with Crippen LogP contribution in [0.2, 0.25) is 0 Å². The SMILES string of the molecule is Cc1nccn1[C@@H]1CCC[C@@H](NC(=O)CCCn2c(C(F)(F)F)nc3ccccc32)[C@H]1O. The molecule has 0 aliphatic heterocycles. The van der Waals surface area contributed by atoms with Crippen molar-refractivity contribution in [3.63, 3.8) is 0 Å². The van der Waals surface area contributed by atoms with Crippen LogP contribution in [0.25, 0.3) is 11.0 Å². The Morgan fingerprint density at radius 1 is 1.28 bits per heavy atom. The van der Waals surface area contributed by atoms with Crippen molar-refractivity contribution >= 4 is 16.9 Å². The number of carbonyl (C=O) groups is 1. The van der Waals surface area contributed by atoms with Crippen molar-refractivity contribution in [2.75, 3.05) is 0 Å². The first kappa shape index (κ1) is 22.3. The van der Waals surface area contributed by atoms with Gasteiger partial charge in [-0.2, -0.15) is 13.2 Å². The van der Waals surface area contributed by atoms with Crippen molar-refractivity contribution in [1.82, 2.24) is 24.4 Å². The predicted octanol–water partition coefficient (Wildman–Crippen LogP) is 3.61. The van der Waals surface area contributed by atoms with Crippen molar-refractivity contribution in [3.8, 4) is 0 Å². The minimum absolute atomic E-state index is 0.0207. The van der Waals surface area contributed by atoms with Gasteiger partial charge in [0, 0.05) is 25.4 Å². The summed E-state index contributed by atoms with van der Waals surface area (Å²) in [6.45, 7) is 1.89. The molecule has 172 valence electrons. The summed E-state index contributed by atoms with van der Waals surface area (Å²) < 4.78 is 43.3. The molecular weight excluding hydrogens is 423 g/mol. The van der Waals surface area contributed by atoms with E-state index in [4.69, 9.17) is 0 Å². The summed E-state index contributed by atoms with van der Waals surface area (Å²) >= 11 is 0. The summed E-state index contributed by atoms with van der Waals surface area (Å²) in [5.74, 6) is -0.440. The fourth-order valence-electron chi connectivity index (χ4n) is 4.55. The third-order valence-corrected chi connectivity index (χ3v) is 6.08. The molecule has 7 nitrogen and oxygen atoms in total. The molecule has 2 N–H and O–H groups in total. The number of hydrogen-bond acceptors (Lipinski definition) is 4. The minimum atomic E-state index is -4.58. The van der Waals surface area contributed by atoms with E-state index in [-0.39, 0.29) is 36.9 Å². The van der Waals surface area contributed by atoms with Gasteiger partial charge in [0.05, 0.1) is 29.2 Å². The number of rotatable bonds is 6. The number of carbonyl (C=O) groups excluding carboxylic acids is 1. The summed E-state index contributed by atoms with van der Waals surface area (Å²) in [4.78, 5) is 20.4. The average molecular weight is 449 g/mol. The number of aliphatic hydroxyl groups excluding tert-OH is 1. The van der Waals surface area contributed by atoms with Crippen LogP contribution in [0, 0.1) is 6.92 Å². The second-order valence-electron chi connectivity index (χ2n) is 8.22. The zero-order chi connectivity index (χ0) is 22.9. The molecule has 0 bridgehead atoms. The number of imidazole rings is 2. The highest BCUT2D eigenvalue weighted by Crippen LogP contribution is 2.32. The van der Waals surface area contributed by atoms with E-state index in [1.165, 1.54) is 6.07 Å². The van der Waals surface area contributed by atoms with Crippen molar-refractivity contribution < 1.29 is 23.1 Å². The zero-order valence-corrected chi connectivity index (χ0v) is 17.7. The summed E-state index contributed by atoms with van der Waals surface area (Å²) in [6, 6.07) is 5.87. The number of amides is 1. The maximum absolute atomic E-state index is 13.4. The molecule has 1 saturated carbocycles. The molecule has 0 radical (unpaired) electrons. The molecule has 2 aromatic heterocycles. The Labute approximate surface area is 183 Å². The Kier molecular flexibility index (Phi) is 6.23. The van der Waals surface area contributed by atoms with E-state index < -0.39 is 24.1 Å². The molecule has 1 fully saturated rings. The summed E-state index contributed by atoms with van der Waals surface area (Å²) in [5.41, 5.74) is 0.664. The fourth-order valence-corrected chi connectivity index (χ4v) is 4.55. The Hall–Kier alpha value is -2.88. The van der Waals surface area contributed by atoms with Crippen molar-refractivity contribution in [2.24, 2.45) is 0 Å². The number of benzene rings is 1. The molecule has 1 amide bonds. The van der Waals surface area contributed by atoms with Crippen LogP contribution in [0.15, 0.2) is 36.7 Å². The second-order valence-corrected chi connectivity index (χ2v) is 8.22. The number of aliphatic hydroxyl groups is 1. The minimum Gasteiger partial charge on any atom is -0.389 e. The van der Waals surface area contributed by atoms with Gasteiger partial charge in [-0.15, -0.1) is 0 Å². The lowest BCUT2D eigenvalue weighted by Gasteiger charge is -2.36. The van der Waals surface area contributed by atoms with E-state index in [1.807, 2.05) is 17.7 Å². The van der Waals surface area contributed by atoms with Crippen molar-refractivity contribution in [1.29, 1.82) is 0 Å². The number of alkyl halides is 3. The molecule has 10 heteroatoms. The number of nitrogens with one attached hydrogen (secondary N) is 1. The monoisotopic (exact) mass is 449 g/mol. The highest BCUT2D eigenvalue weighted by atomic mass is 19.4. The number of para-hydroxylation sites is 2. The summed E-state index contributed by atoms with van der Waals surface area (Å²) in [5, 5.41) is 13.7. The van der Waals surface area contributed by atoms with Crippen LogP contribution < -0.4 is 5.32 Å². The van der Waals surface area contributed by atoms with Crippen LogP contribution in [-0.4, -0.2) is 42.3 Å². The smallest absolute Gasteiger partial charge is 0.389 e. The molecule has 0 saturated heterocycles. The Morgan fingerprint density at radius 3 is 2.78 bits per heavy atom. The van der Waals surface area contributed by atoms with E-state index in [1.54, 1.807) is 24.4 Å². The summed E-state index contributed by atoms with van der Waals surface area (Å²) in [7, 11) is 0. The third-order valence-electron chi connectivity index (χ3n) is 6.08. The molecule has 0 spiro atoms. The number of fused-ring (bicyclic) bond motifs is 1. The van der Waals surface area contributed by atoms with E-state index >= 15 is 0 Å². The van der Waals surface area contributed by atoms with Gasteiger partial charge in [-0.25, -0.2) is 9.97 Å². The molecule has 0 unspecified atom stereocenters. The van der Waals surface area contributed by atoms with E-state index in [2.05, 4.69) is 15.3 Å². The Bertz CT molecular complexity index is 1090. The fraction of sp³-hybridized carbons (Fsp3) is 0.500. The van der Waals surface area contributed by atoms with E-state index in [0.29, 0.717) is 11.9 Å². The van der Waals surface area contributed by atoms with Gasteiger partial charge in [-0.3, -0.25) is 4.79 Å². The summed E-state index contributed by atoms with van der Waals surface area (Å²) in [6.07, 6.45) is 0.744. The molecule has 2 heterocycles. The number of aryl methyl sites for hydroxylation is 2. The van der Waals surface area contributed by atoms with Crippen LogP contribution >= 0.6 is 0 Å². The van der Waals surface area contributed by atoms with Crippen LogP contribution in [-0.2, 0) is 17.5 Å². The topological polar surface area (TPSA) is 85.0 Å². The average Bonchev–Trinajstić information content (AvgIpc) is 3.33. The first-order valence-electron chi connectivity index (χ1n) is 10.7. The number of halogens is 3. The van der Waals surface area contributed by atoms with E-state index in [9.17, 15) is 23.1 Å². The van der Waals surface area contributed by atoms with Crippen molar-refractivity contribution in [2.45, 2.75) is 69.9 Å². The van der Waals surface area contributed by atoms with Gasteiger partial charge in [-0.1, -0.05) is 12.1 Å². The van der Waals surface area contributed by atoms with Gasteiger partial charge >= 0.3 is 6.18 Å². The third kappa shape index (κ3) is 4.50. The second kappa shape index (κ2) is 8.93. The zero-order valence-electron chi connectivity index (χ0n) is 17.7. The molecule has 4 rings (SSSR count). The van der Waals surface area contributed by atoms with Crippen LogP contribution in [0.5, 0.6) is 0 Å².